The lowest BCUT2D eigenvalue weighted by Gasteiger charge is -2.26. The van der Waals surface area contributed by atoms with Gasteiger partial charge in [-0.15, -0.1) is 0 Å². The highest BCUT2D eigenvalue weighted by atomic mass is 32.2. The Labute approximate surface area is 180 Å². The molecule has 2 aromatic carbocycles. The van der Waals surface area contributed by atoms with Crippen molar-refractivity contribution in [1.29, 1.82) is 0 Å². The lowest BCUT2D eigenvalue weighted by atomic mass is 10.1. The normalized spacial score (nSPS) is 16.0. The minimum absolute atomic E-state index is 0.159. The van der Waals surface area contributed by atoms with Gasteiger partial charge in [-0.25, -0.2) is 8.42 Å². The molecule has 0 bridgehead atoms. The molecule has 1 aliphatic rings. The van der Waals surface area contributed by atoms with Crippen LogP contribution in [0.5, 0.6) is 0 Å². The van der Waals surface area contributed by atoms with Crippen molar-refractivity contribution in [2.24, 2.45) is 0 Å². The van der Waals surface area contributed by atoms with Gasteiger partial charge in [-0.3, -0.25) is 4.79 Å². The predicted molar refractivity (Wildman–Crippen MR) is 113 cm³/mol. The van der Waals surface area contributed by atoms with E-state index in [9.17, 15) is 13.2 Å². The van der Waals surface area contributed by atoms with Crippen molar-refractivity contribution in [3.8, 4) is 0 Å². The molecule has 1 aliphatic heterocycles. The second kappa shape index (κ2) is 9.38. The van der Waals surface area contributed by atoms with Crippen LogP contribution in [0.3, 0.4) is 0 Å². The van der Waals surface area contributed by atoms with E-state index in [0.29, 0.717) is 38.4 Å². The van der Waals surface area contributed by atoms with Gasteiger partial charge in [-0.2, -0.15) is 19.3 Å². The fourth-order valence-electron chi connectivity index (χ4n) is 3.38. The molecule has 0 spiro atoms. The lowest BCUT2D eigenvalue weighted by molar-refractivity contribution is 0.0730. The Balaban J connectivity index is 1.50. The average molecular weight is 442 g/mol. The van der Waals surface area contributed by atoms with Crippen LogP contribution in [0.1, 0.15) is 22.0 Å². The number of ether oxygens (including phenoxy) is 1. The number of amides is 1. The van der Waals surface area contributed by atoms with Crippen molar-refractivity contribution in [2.75, 3.05) is 26.3 Å². The van der Waals surface area contributed by atoms with E-state index in [-0.39, 0.29) is 16.8 Å². The summed E-state index contributed by atoms with van der Waals surface area (Å²) in [5, 5.41) is 11.2. The SMILES string of the molecule is O=C(N[C@H](Cn1nccn1)c1ccccc1)c1ccc(S(=O)(=O)N2CCOCC2)cc1. The first-order valence-corrected chi connectivity index (χ1v) is 11.4. The Hall–Kier alpha value is -3.08. The van der Waals surface area contributed by atoms with E-state index < -0.39 is 10.0 Å². The van der Waals surface area contributed by atoms with Crippen molar-refractivity contribution in [2.45, 2.75) is 17.5 Å². The summed E-state index contributed by atoms with van der Waals surface area (Å²) >= 11 is 0. The maximum Gasteiger partial charge on any atom is 0.251 e. The van der Waals surface area contributed by atoms with Crippen molar-refractivity contribution >= 4 is 15.9 Å². The quantitative estimate of drug-likeness (QED) is 0.595. The monoisotopic (exact) mass is 441 g/mol. The summed E-state index contributed by atoms with van der Waals surface area (Å²) in [6.07, 6.45) is 3.16. The molecule has 0 unspecified atom stereocenters. The van der Waals surface area contributed by atoms with Crippen LogP contribution in [-0.4, -0.2) is 59.9 Å². The van der Waals surface area contributed by atoms with E-state index in [2.05, 4.69) is 15.5 Å². The van der Waals surface area contributed by atoms with Gasteiger partial charge in [0.1, 0.15) is 0 Å². The van der Waals surface area contributed by atoms with Gasteiger partial charge in [0.2, 0.25) is 10.0 Å². The molecule has 1 saturated heterocycles. The van der Waals surface area contributed by atoms with E-state index in [1.807, 2.05) is 30.3 Å². The van der Waals surface area contributed by atoms with E-state index in [0.717, 1.165) is 5.56 Å². The van der Waals surface area contributed by atoms with Crippen molar-refractivity contribution in [1.82, 2.24) is 24.6 Å². The van der Waals surface area contributed by atoms with Crippen LogP contribution in [0.25, 0.3) is 0 Å². The topological polar surface area (TPSA) is 106 Å². The fraction of sp³-hybridized carbons (Fsp3) is 0.286. The summed E-state index contributed by atoms with van der Waals surface area (Å²) < 4.78 is 32.1. The van der Waals surface area contributed by atoms with Gasteiger partial charge in [0.05, 0.1) is 43.1 Å². The van der Waals surface area contributed by atoms with Crippen LogP contribution in [-0.2, 0) is 21.3 Å². The van der Waals surface area contributed by atoms with Gasteiger partial charge in [0.15, 0.2) is 0 Å². The zero-order valence-corrected chi connectivity index (χ0v) is 17.6. The Morgan fingerprint density at radius 1 is 1.00 bits per heavy atom. The average Bonchev–Trinajstić information content (AvgIpc) is 3.33. The Morgan fingerprint density at radius 3 is 2.29 bits per heavy atom. The molecule has 0 radical (unpaired) electrons. The number of sulfonamides is 1. The van der Waals surface area contributed by atoms with Gasteiger partial charge < -0.3 is 10.1 Å². The number of carbonyl (C=O) groups is 1. The molecule has 31 heavy (non-hydrogen) atoms. The summed E-state index contributed by atoms with van der Waals surface area (Å²) in [5.74, 6) is -0.309. The minimum atomic E-state index is -3.60. The first-order valence-electron chi connectivity index (χ1n) is 9.92. The zero-order chi connectivity index (χ0) is 21.7. The first kappa shape index (κ1) is 21.2. The van der Waals surface area contributed by atoms with Gasteiger partial charge in [-0.1, -0.05) is 30.3 Å². The van der Waals surface area contributed by atoms with Gasteiger partial charge in [0.25, 0.3) is 5.91 Å². The number of rotatable bonds is 7. The highest BCUT2D eigenvalue weighted by Crippen LogP contribution is 2.19. The highest BCUT2D eigenvalue weighted by molar-refractivity contribution is 7.89. The molecule has 9 nitrogen and oxygen atoms in total. The second-order valence-electron chi connectivity index (χ2n) is 7.06. The van der Waals surface area contributed by atoms with Crippen LogP contribution in [0.4, 0.5) is 0 Å². The van der Waals surface area contributed by atoms with Crippen molar-refractivity contribution in [3.63, 3.8) is 0 Å². The number of morpholine rings is 1. The van der Waals surface area contributed by atoms with E-state index in [1.54, 1.807) is 12.4 Å². The highest BCUT2D eigenvalue weighted by Gasteiger charge is 2.26. The summed E-state index contributed by atoms with van der Waals surface area (Å²) in [6, 6.07) is 15.2. The van der Waals surface area contributed by atoms with Crippen LogP contribution >= 0.6 is 0 Å². The largest absolute Gasteiger partial charge is 0.379 e. The number of aromatic nitrogens is 3. The molecule has 0 aliphatic carbocycles. The maximum absolute atomic E-state index is 12.9. The maximum atomic E-state index is 12.9. The number of nitrogens with zero attached hydrogens (tertiary/aromatic N) is 4. The predicted octanol–water partition coefficient (Wildman–Crippen LogP) is 1.47. The number of hydrogen-bond acceptors (Lipinski definition) is 6. The third-order valence-electron chi connectivity index (χ3n) is 5.04. The fourth-order valence-corrected chi connectivity index (χ4v) is 4.78. The number of nitrogens with one attached hydrogen (secondary N) is 1. The number of benzene rings is 2. The molecule has 3 aromatic rings. The molecule has 1 aromatic heterocycles. The van der Waals surface area contributed by atoms with E-state index in [1.165, 1.54) is 33.4 Å². The molecule has 1 N–H and O–H groups in total. The Kier molecular flexibility index (Phi) is 6.40. The molecule has 0 saturated carbocycles. The molecule has 1 atom stereocenters. The zero-order valence-electron chi connectivity index (χ0n) is 16.8. The third-order valence-corrected chi connectivity index (χ3v) is 6.96. The van der Waals surface area contributed by atoms with Gasteiger partial charge >= 0.3 is 0 Å². The molecule has 1 fully saturated rings. The molecule has 10 heteroatoms. The van der Waals surface area contributed by atoms with Crippen LogP contribution in [0.2, 0.25) is 0 Å². The van der Waals surface area contributed by atoms with Crippen LogP contribution in [0.15, 0.2) is 71.9 Å². The Morgan fingerprint density at radius 2 is 1.65 bits per heavy atom. The molecule has 162 valence electrons. The summed E-state index contributed by atoms with van der Waals surface area (Å²) in [4.78, 5) is 14.6. The molecular formula is C21H23N5O4S. The smallest absolute Gasteiger partial charge is 0.251 e. The van der Waals surface area contributed by atoms with Gasteiger partial charge in [-0.05, 0) is 29.8 Å². The number of carbonyl (C=O) groups excluding carboxylic acids is 1. The van der Waals surface area contributed by atoms with E-state index in [4.69, 9.17) is 4.74 Å². The molecular weight excluding hydrogens is 418 g/mol. The first-order chi connectivity index (χ1) is 15.0. The van der Waals surface area contributed by atoms with Gasteiger partial charge in [0, 0.05) is 18.7 Å². The minimum Gasteiger partial charge on any atom is -0.379 e. The molecule has 2 heterocycles. The lowest BCUT2D eigenvalue weighted by Crippen LogP contribution is -2.40. The third kappa shape index (κ3) is 4.98. The summed E-state index contributed by atoms with van der Waals surface area (Å²) in [7, 11) is -3.60. The molecule has 1 amide bonds. The van der Waals surface area contributed by atoms with Crippen LogP contribution < -0.4 is 5.32 Å². The summed E-state index contributed by atoms with van der Waals surface area (Å²) in [5.41, 5.74) is 1.29. The number of hydrogen-bond donors (Lipinski definition) is 1. The van der Waals surface area contributed by atoms with Crippen molar-refractivity contribution in [3.05, 3.63) is 78.1 Å². The van der Waals surface area contributed by atoms with Crippen molar-refractivity contribution < 1.29 is 17.9 Å². The Bertz CT molecular complexity index is 1100. The molecule has 4 rings (SSSR count). The second-order valence-corrected chi connectivity index (χ2v) is 9.00. The summed E-state index contributed by atoms with van der Waals surface area (Å²) in [6.45, 7) is 1.78. The standard InChI is InChI=1S/C21H23N5O4S/c27-21(24-20(16-26-22-10-11-23-26)17-4-2-1-3-5-17)18-6-8-19(9-7-18)31(28,29)25-12-14-30-15-13-25/h1-11,20H,12-16H2,(H,24,27)/t20-/m1/s1. The van der Waals surface area contributed by atoms with Crippen LogP contribution in [0, 0.1) is 0 Å². The van der Waals surface area contributed by atoms with E-state index >= 15 is 0 Å².